The summed E-state index contributed by atoms with van der Waals surface area (Å²) < 4.78 is 1.96. The number of carboxylic acids is 1. The molecule has 0 saturated carbocycles. The van der Waals surface area contributed by atoms with Gasteiger partial charge in [0.1, 0.15) is 0 Å². The topological polar surface area (TPSA) is 57.5 Å². The Morgan fingerprint density at radius 1 is 1.07 bits per heavy atom. The van der Waals surface area contributed by atoms with Gasteiger partial charge in [0.05, 0.1) is 11.3 Å². The van der Waals surface area contributed by atoms with Crippen LogP contribution in [0.3, 0.4) is 0 Å². The third kappa shape index (κ3) is 3.63. The summed E-state index contributed by atoms with van der Waals surface area (Å²) in [7, 11) is 1.91. The van der Waals surface area contributed by atoms with E-state index in [-0.39, 0.29) is 0 Å². The Balaban J connectivity index is 1.96. The van der Waals surface area contributed by atoms with Crippen LogP contribution in [0.1, 0.15) is 16.1 Å². The zero-order valence-electron chi connectivity index (χ0n) is 16.6. The Morgan fingerprint density at radius 3 is 2.41 bits per heavy atom. The molecule has 0 unspecified atom stereocenters. The Labute approximate surface area is 175 Å². The van der Waals surface area contributed by atoms with E-state index in [9.17, 15) is 9.90 Å². The van der Waals surface area contributed by atoms with Gasteiger partial charge in [-0.3, -0.25) is 0 Å². The average molecular weight is 410 g/mol. The number of hydrogen-bond donors (Lipinski definition) is 2. The van der Waals surface area contributed by atoms with E-state index in [0.717, 1.165) is 54.4 Å². The summed E-state index contributed by atoms with van der Waals surface area (Å²) in [5.74, 6) is -0.932. The van der Waals surface area contributed by atoms with E-state index < -0.39 is 5.97 Å². The molecule has 150 valence electrons. The van der Waals surface area contributed by atoms with Crippen LogP contribution in [-0.2, 0) is 7.05 Å². The first kappa shape index (κ1) is 19.6. The highest BCUT2D eigenvalue weighted by Gasteiger charge is 2.26. The molecule has 4 rings (SSSR count). The largest absolute Gasteiger partial charge is 0.478 e. The van der Waals surface area contributed by atoms with Gasteiger partial charge in [-0.15, -0.1) is 0 Å². The molecule has 0 aliphatic carbocycles. The molecule has 1 aromatic heterocycles. The van der Waals surface area contributed by atoms with Crippen molar-refractivity contribution in [3.05, 3.63) is 64.8 Å². The quantitative estimate of drug-likeness (QED) is 0.669. The lowest BCUT2D eigenvalue weighted by Gasteiger charge is -2.30. The minimum atomic E-state index is -0.932. The van der Waals surface area contributed by atoms with Gasteiger partial charge in [0.15, 0.2) is 0 Å². The van der Waals surface area contributed by atoms with Crippen LogP contribution in [0.4, 0.5) is 5.69 Å². The van der Waals surface area contributed by atoms with E-state index in [4.69, 9.17) is 11.6 Å². The van der Waals surface area contributed by atoms with Gasteiger partial charge >= 0.3 is 5.97 Å². The van der Waals surface area contributed by atoms with Crippen LogP contribution >= 0.6 is 11.6 Å². The smallest absolute Gasteiger partial charge is 0.338 e. The van der Waals surface area contributed by atoms with E-state index in [2.05, 4.69) is 16.3 Å². The maximum Gasteiger partial charge on any atom is 0.338 e. The fourth-order valence-corrected chi connectivity index (χ4v) is 4.33. The highest BCUT2D eigenvalue weighted by molar-refractivity contribution is 6.31. The van der Waals surface area contributed by atoms with Crippen molar-refractivity contribution in [2.45, 2.75) is 6.92 Å². The van der Waals surface area contributed by atoms with Crippen LogP contribution < -0.4 is 10.2 Å². The SMILES string of the molecule is Cc1c(C(=O)O)c(-c2cc(Cl)cc(N3CCNCC3)c2)c(-c2ccccc2)n1C. The Hall–Kier alpha value is -2.76. The van der Waals surface area contributed by atoms with Crippen molar-refractivity contribution in [2.75, 3.05) is 31.1 Å². The van der Waals surface area contributed by atoms with E-state index in [0.29, 0.717) is 16.1 Å². The number of piperazine rings is 1. The van der Waals surface area contributed by atoms with E-state index in [1.165, 1.54) is 0 Å². The van der Waals surface area contributed by atoms with Gasteiger partial charge in [0.25, 0.3) is 0 Å². The molecule has 29 heavy (non-hydrogen) atoms. The van der Waals surface area contributed by atoms with E-state index in [1.54, 1.807) is 0 Å². The molecule has 1 aliphatic rings. The minimum Gasteiger partial charge on any atom is -0.478 e. The third-order valence-electron chi connectivity index (χ3n) is 5.60. The van der Waals surface area contributed by atoms with Gasteiger partial charge in [-0.2, -0.15) is 0 Å². The Kier molecular flexibility index (Phi) is 5.35. The Bertz CT molecular complexity index is 1050. The minimum absolute atomic E-state index is 0.319. The van der Waals surface area contributed by atoms with Crippen molar-refractivity contribution in [3.8, 4) is 22.4 Å². The maximum atomic E-state index is 12.2. The number of aromatic nitrogens is 1. The summed E-state index contributed by atoms with van der Waals surface area (Å²) in [6.45, 7) is 5.47. The number of carboxylic acid groups (broad SMARTS) is 1. The zero-order chi connectivity index (χ0) is 20.5. The summed E-state index contributed by atoms with van der Waals surface area (Å²) in [5.41, 5.74) is 5.45. The lowest BCUT2D eigenvalue weighted by atomic mass is 9.96. The third-order valence-corrected chi connectivity index (χ3v) is 5.82. The van der Waals surface area contributed by atoms with Crippen molar-refractivity contribution in [2.24, 2.45) is 7.05 Å². The molecule has 3 aromatic rings. The molecule has 0 radical (unpaired) electrons. The summed E-state index contributed by atoms with van der Waals surface area (Å²) in [5, 5.41) is 14.0. The van der Waals surface area contributed by atoms with Gasteiger partial charge in [-0.05, 0) is 36.2 Å². The highest BCUT2D eigenvalue weighted by atomic mass is 35.5. The van der Waals surface area contributed by atoms with Crippen molar-refractivity contribution in [1.29, 1.82) is 0 Å². The molecular formula is C23H24ClN3O2. The molecule has 5 nitrogen and oxygen atoms in total. The van der Waals surface area contributed by atoms with E-state index >= 15 is 0 Å². The summed E-state index contributed by atoms with van der Waals surface area (Å²) in [4.78, 5) is 14.5. The molecule has 0 amide bonds. The molecule has 0 bridgehead atoms. The summed E-state index contributed by atoms with van der Waals surface area (Å²) in [6.07, 6.45) is 0. The number of anilines is 1. The molecule has 0 spiro atoms. The number of hydrogen-bond acceptors (Lipinski definition) is 3. The van der Waals surface area contributed by atoms with Gasteiger partial charge < -0.3 is 19.9 Å². The van der Waals surface area contributed by atoms with Gasteiger partial charge in [-0.1, -0.05) is 41.9 Å². The lowest BCUT2D eigenvalue weighted by molar-refractivity contribution is 0.0697. The molecule has 1 saturated heterocycles. The maximum absolute atomic E-state index is 12.2. The molecule has 0 atom stereocenters. The first-order valence-corrected chi connectivity index (χ1v) is 10.1. The van der Waals surface area contributed by atoms with Gasteiger partial charge in [0, 0.05) is 55.2 Å². The number of carbonyl (C=O) groups is 1. The Morgan fingerprint density at radius 2 is 1.76 bits per heavy atom. The number of nitrogens with one attached hydrogen (secondary N) is 1. The van der Waals surface area contributed by atoms with Crippen LogP contribution in [-0.4, -0.2) is 41.8 Å². The van der Waals surface area contributed by atoms with Crippen LogP contribution in [0.15, 0.2) is 48.5 Å². The van der Waals surface area contributed by atoms with E-state index in [1.807, 2.05) is 61.0 Å². The van der Waals surface area contributed by atoms with Crippen LogP contribution in [0.2, 0.25) is 5.02 Å². The van der Waals surface area contributed by atoms with Crippen molar-refractivity contribution in [3.63, 3.8) is 0 Å². The molecule has 1 aliphatic heterocycles. The fraction of sp³-hybridized carbons (Fsp3) is 0.261. The monoisotopic (exact) mass is 409 g/mol. The summed E-state index contributed by atoms with van der Waals surface area (Å²) in [6, 6.07) is 15.8. The predicted molar refractivity (Wildman–Crippen MR) is 118 cm³/mol. The second-order valence-electron chi connectivity index (χ2n) is 7.35. The molecule has 6 heteroatoms. The first-order chi connectivity index (χ1) is 14.0. The predicted octanol–water partition coefficient (Wildman–Crippen LogP) is 4.43. The number of benzene rings is 2. The average Bonchev–Trinajstić information content (AvgIpc) is 3.00. The van der Waals surface area contributed by atoms with Gasteiger partial charge in [-0.25, -0.2) is 4.79 Å². The normalized spacial score (nSPS) is 14.2. The molecular weight excluding hydrogens is 386 g/mol. The fourth-order valence-electron chi connectivity index (χ4n) is 4.10. The molecule has 2 N–H and O–H groups in total. The van der Waals surface area contributed by atoms with Crippen molar-refractivity contribution < 1.29 is 9.90 Å². The highest BCUT2D eigenvalue weighted by Crippen LogP contribution is 2.41. The van der Waals surface area contributed by atoms with Crippen LogP contribution in [0.5, 0.6) is 0 Å². The van der Waals surface area contributed by atoms with Gasteiger partial charge in [0.2, 0.25) is 0 Å². The second kappa shape index (κ2) is 7.93. The standard InChI is InChI=1S/C23H24ClN3O2/c1-15-20(23(28)29)21(22(26(15)2)16-6-4-3-5-7-16)17-12-18(24)14-19(13-17)27-10-8-25-9-11-27/h3-7,12-14,25H,8-11H2,1-2H3,(H,28,29). The number of nitrogens with zero attached hydrogens (tertiary/aromatic N) is 2. The lowest BCUT2D eigenvalue weighted by Crippen LogP contribution is -2.43. The summed E-state index contributed by atoms with van der Waals surface area (Å²) >= 11 is 6.50. The first-order valence-electron chi connectivity index (χ1n) is 9.72. The van der Waals surface area contributed by atoms with Crippen molar-refractivity contribution >= 4 is 23.3 Å². The zero-order valence-corrected chi connectivity index (χ0v) is 17.3. The van der Waals surface area contributed by atoms with Crippen LogP contribution in [0.25, 0.3) is 22.4 Å². The van der Waals surface area contributed by atoms with Crippen LogP contribution in [0, 0.1) is 6.92 Å². The number of rotatable bonds is 4. The second-order valence-corrected chi connectivity index (χ2v) is 7.79. The number of halogens is 1. The number of aromatic carboxylic acids is 1. The molecule has 2 aromatic carbocycles. The molecule has 2 heterocycles. The van der Waals surface area contributed by atoms with Crippen molar-refractivity contribution in [1.82, 2.24) is 9.88 Å². The molecule has 1 fully saturated rings.